The molecule has 572 valence electrons. The number of unbranched alkanes of at least 4 members (excludes halogenated alkanes) is 46. The highest BCUT2D eigenvalue weighted by molar-refractivity contribution is 5.05. The average Bonchev–Trinajstić information content (AvgIpc) is 3.46. The van der Waals surface area contributed by atoms with E-state index in [1.54, 1.807) is 0 Å². The highest BCUT2D eigenvalue weighted by Gasteiger charge is 2.18. The minimum absolute atomic E-state index is 0.303. The van der Waals surface area contributed by atoms with Crippen LogP contribution >= 0.6 is 0 Å². The largest absolute Gasteiger partial charge is 0.393 e. The van der Waals surface area contributed by atoms with Crippen molar-refractivity contribution in [2.24, 2.45) is 5.92 Å². The van der Waals surface area contributed by atoms with Crippen molar-refractivity contribution in [1.29, 1.82) is 0 Å². The zero-order chi connectivity index (χ0) is 69.4. The van der Waals surface area contributed by atoms with Crippen molar-refractivity contribution in [2.75, 3.05) is 66.2 Å². The molecule has 1 saturated heterocycles. The summed E-state index contributed by atoms with van der Waals surface area (Å²) < 4.78 is 12.8. The molecule has 1 fully saturated rings. The lowest BCUT2D eigenvalue weighted by atomic mass is 9.91. The number of aliphatic hydroxyl groups is 4. The van der Waals surface area contributed by atoms with Gasteiger partial charge in [-0.25, -0.2) is 0 Å². The lowest BCUT2D eigenvalue weighted by Gasteiger charge is -2.28. The first-order valence-electron chi connectivity index (χ1n) is 43.8. The van der Waals surface area contributed by atoms with Gasteiger partial charge in [0, 0.05) is 26.2 Å². The maximum atomic E-state index is 11.3. The van der Waals surface area contributed by atoms with Crippen molar-refractivity contribution in [3.8, 4) is 0 Å². The third-order valence-corrected chi connectivity index (χ3v) is 21.7. The Morgan fingerprint density at radius 2 is 0.698 bits per heavy atom. The minimum atomic E-state index is -0.369. The maximum Gasteiger partial charge on any atom is 0.0667 e. The van der Waals surface area contributed by atoms with E-state index >= 15 is 0 Å². The second-order valence-electron chi connectivity index (χ2n) is 31.5. The fraction of sp³-hybridized carbons (Fsp3) is 0.955. The molecule has 0 aromatic carbocycles. The van der Waals surface area contributed by atoms with Gasteiger partial charge in [-0.15, -0.1) is 0 Å². The maximum absolute atomic E-state index is 11.3. The molecule has 8 nitrogen and oxygen atoms in total. The number of aliphatic hydroxyl groups excluding tert-OH is 4. The number of hydrogen-bond donors (Lipinski definition) is 4. The Labute approximate surface area is 601 Å². The van der Waals surface area contributed by atoms with Crippen molar-refractivity contribution in [3.63, 3.8) is 0 Å². The van der Waals surface area contributed by atoms with E-state index in [-0.39, 0.29) is 24.4 Å². The molecule has 1 aliphatic rings. The zero-order valence-corrected chi connectivity index (χ0v) is 65.9. The Kier molecular flexibility index (Phi) is 73.1. The topological polar surface area (TPSA) is 106 Å². The van der Waals surface area contributed by atoms with Gasteiger partial charge in [0.05, 0.1) is 44.2 Å². The number of nitrogens with zero attached hydrogens (tertiary/aromatic N) is 2. The summed E-state index contributed by atoms with van der Waals surface area (Å²) in [4.78, 5) is 4.79. The third-order valence-electron chi connectivity index (χ3n) is 21.7. The molecule has 1 heterocycles. The highest BCUT2D eigenvalue weighted by Crippen LogP contribution is 2.26. The molecular formula is C88H174N2O6. The third kappa shape index (κ3) is 67.6. The molecule has 8 heteroatoms. The summed E-state index contributed by atoms with van der Waals surface area (Å²) in [5.41, 5.74) is 2.81. The highest BCUT2D eigenvalue weighted by atomic mass is 16.5. The first-order valence-corrected chi connectivity index (χ1v) is 43.8. The van der Waals surface area contributed by atoms with Gasteiger partial charge in [0.2, 0.25) is 0 Å². The Morgan fingerprint density at radius 1 is 0.354 bits per heavy atom. The van der Waals surface area contributed by atoms with Gasteiger partial charge in [-0.3, -0.25) is 4.90 Å². The van der Waals surface area contributed by atoms with E-state index < -0.39 is 0 Å². The van der Waals surface area contributed by atoms with Crippen LogP contribution in [-0.2, 0) is 9.47 Å². The van der Waals surface area contributed by atoms with Crippen LogP contribution in [0.1, 0.15) is 445 Å². The molecule has 0 spiro atoms. The zero-order valence-electron chi connectivity index (χ0n) is 65.9. The molecule has 0 radical (unpaired) electrons. The summed E-state index contributed by atoms with van der Waals surface area (Å²) in [6.07, 6.45) is 84.9. The van der Waals surface area contributed by atoms with E-state index in [0.29, 0.717) is 32.7 Å². The Bertz CT molecular complexity index is 1530. The molecule has 4 atom stereocenters. The van der Waals surface area contributed by atoms with Gasteiger partial charge in [0.1, 0.15) is 0 Å². The van der Waals surface area contributed by atoms with Crippen molar-refractivity contribution in [1.82, 2.24) is 9.80 Å². The summed E-state index contributed by atoms with van der Waals surface area (Å²) in [5.74, 6) is 0.898. The minimum Gasteiger partial charge on any atom is -0.393 e. The van der Waals surface area contributed by atoms with Crippen LogP contribution in [0.25, 0.3) is 0 Å². The van der Waals surface area contributed by atoms with E-state index in [9.17, 15) is 20.4 Å². The first-order chi connectivity index (χ1) is 47.2. The monoisotopic (exact) mass is 1360 g/mol. The van der Waals surface area contributed by atoms with Gasteiger partial charge in [-0.1, -0.05) is 378 Å². The van der Waals surface area contributed by atoms with E-state index in [4.69, 9.17) is 9.47 Å². The van der Waals surface area contributed by atoms with Crippen molar-refractivity contribution >= 4 is 0 Å². The molecule has 0 aliphatic carbocycles. The van der Waals surface area contributed by atoms with Crippen LogP contribution in [0.2, 0.25) is 0 Å². The molecular weight excluding hydrogens is 1180 g/mol. The standard InChI is InChI=1S/C88H174N2O6/c1-6-10-14-18-22-26-30-34-38-42-46-53-63-85(91)68-67-84(79-86(92)64-54-47-43-39-35-31-27-23-19-15-11-7-2)62-58-75-95-77-71-82(59-51-50-52-60-83-69-72-89(5)73-70-83)61-57-76-96-78-74-90(80-87(93)65-55-48-44-40-36-32-28-24-20-16-12-8-3)81-88(94)66-56-49-45-41-37-33-29-25-21-17-13-9-4/h61,67,83,85-88,91-94H,6-60,62-66,68-81H2,1-5H3/b82-61-,84-67-. The normalized spacial score (nSPS) is 15.0. The van der Waals surface area contributed by atoms with Gasteiger partial charge >= 0.3 is 0 Å². The average molecular weight is 1360 g/mol. The van der Waals surface area contributed by atoms with E-state index in [1.807, 2.05) is 0 Å². The van der Waals surface area contributed by atoms with Crippen LogP contribution in [-0.4, -0.2) is 121 Å². The smallest absolute Gasteiger partial charge is 0.0667 e. The van der Waals surface area contributed by atoms with Crippen LogP contribution in [0, 0.1) is 5.92 Å². The molecule has 0 saturated carbocycles. The van der Waals surface area contributed by atoms with Crippen molar-refractivity contribution in [3.05, 3.63) is 23.3 Å². The molecule has 4 N–H and O–H groups in total. The van der Waals surface area contributed by atoms with Crippen LogP contribution in [0.3, 0.4) is 0 Å². The van der Waals surface area contributed by atoms with Gasteiger partial charge in [0.15, 0.2) is 0 Å². The molecule has 0 amide bonds. The molecule has 96 heavy (non-hydrogen) atoms. The summed E-state index contributed by atoms with van der Waals surface area (Å²) in [6.45, 7) is 16.4. The lowest BCUT2D eigenvalue weighted by molar-refractivity contribution is 0.0387. The summed E-state index contributed by atoms with van der Waals surface area (Å²) in [5, 5.41) is 45.1. The van der Waals surface area contributed by atoms with Crippen molar-refractivity contribution < 1.29 is 29.9 Å². The molecule has 1 rings (SSSR count). The molecule has 0 bridgehead atoms. The van der Waals surface area contributed by atoms with Gasteiger partial charge < -0.3 is 34.8 Å². The van der Waals surface area contributed by atoms with Crippen molar-refractivity contribution in [2.45, 2.75) is 469 Å². The van der Waals surface area contributed by atoms with Crippen LogP contribution in [0.4, 0.5) is 0 Å². The SMILES string of the molecule is CCCCCCCCCCCCCCC(O)C/C=C(/CCCOCC/C(=C\CCOCCN(CC(O)CCCCCCCCCCCCCC)CC(O)CCCCCCCCCCCCCC)CCCCCC1CCN(C)CC1)CC(O)CCCCCCCCCCCCCC. The number of ether oxygens (including phenoxy) is 2. The van der Waals surface area contributed by atoms with E-state index in [1.165, 1.54) is 345 Å². The van der Waals surface area contributed by atoms with Crippen LogP contribution in [0.15, 0.2) is 23.3 Å². The first kappa shape index (κ1) is 93.2. The summed E-state index contributed by atoms with van der Waals surface area (Å²) >= 11 is 0. The fourth-order valence-corrected chi connectivity index (χ4v) is 15.0. The Morgan fingerprint density at radius 3 is 1.10 bits per heavy atom. The predicted octanol–water partition coefficient (Wildman–Crippen LogP) is 25.6. The van der Waals surface area contributed by atoms with E-state index in [2.05, 4.69) is 56.7 Å². The Hall–Kier alpha value is -0.840. The van der Waals surface area contributed by atoms with Crippen LogP contribution < -0.4 is 0 Å². The van der Waals surface area contributed by atoms with Crippen LogP contribution in [0.5, 0.6) is 0 Å². The quantitative estimate of drug-likeness (QED) is 0.0353. The molecule has 1 aliphatic heterocycles. The van der Waals surface area contributed by atoms with Gasteiger partial charge in [-0.05, 0) is 116 Å². The molecule has 0 aromatic rings. The summed E-state index contributed by atoms with van der Waals surface area (Å²) in [6, 6.07) is 0. The number of hydrogen-bond acceptors (Lipinski definition) is 8. The number of likely N-dealkylation sites (tertiary alicyclic amines) is 1. The second kappa shape index (κ2) is 75.3. The number of piperidine rings is 1. The molecule has 0 aromatic heterocycles. The summed E-state index contributed by atoms with van der Waals surface area (Å²) in [7, 11) is 2.27. The second-order valence-corrected chi connectivity index (χ2v) is 31.5. The Balaban J connectivity index is 2.83. The molecule has 4 unspecified atom stereocenters. The number of rotatable bonds is 79. The van der Waals surface area contributed by atoms with Gasteiger partial charge in [-0.2, -0.15) is 0 Å². The van der Waals surface area contributed by atoms with E-state index in [0.717, 1.165) is 116 Å². The predicted molar refractivity (Wildman–Crippen MR) is 422 cm³/mol. The lowest BCUT2D eigenvalue weighted by Crippen LogP contribution is -2.40. The van der Waals surface area contributed by atoms with Gasteiger partial charge in [0.25, 0.3) is 0 Å². The fourth-order valence-electron chi connectivity index (χ4n) is 15.0.